The fourth-order valence-electron chi connectivity index (χ4n) is 2.74. The van der Waals surface area contributed by atoms with Crippen molar-refractivity contribution < 1.29 is 57.7 Å². The van der Waals surface area contributed by atoms with Crippen molar-refractivity contribution in [1.82, 2.24) is 0 Å². The zero-order valence-electron chi connectivity index (χ0n) is 13.9. The summed E-state index contributed by atoms with van der Waals surface area (Å²) in [4.78, 5) is 0. The predicted molar refractivity (Wildman–Crippen MR) is 82.7 cm³/mol. The summed E-state index contributed by atoms with van der Waals surface area (Å²) in [5.41, 5.74) is 5.91. The average molecular weight is 410 g/mol. The molecule has 22 heavy (non-hydrogen) atoms. The summed E-state index contributed by atoms with van der Waals surface area (Å²) in [5, 5.41) is 1.67. The zero-order valence-corrected chi connectivity index (χ0v) is 18.7. The minimum absolute atomic E-state index is 0. The molecule has 0 aromatic heterocycles. The van der Waals surface area contributed by atoms with Crippen molar-refractivity contribution in [3.05, 3.63) is 55.6 Å². The Labute approximate surface area is 166 Å². The summed E-state index contributed by atoms with van der Waals surface area (Å²) in [5.74, 6) is 0. The van der Waals surface area contributed by atoms with Crippen molar-refractivity contribution in [2.45, 2.75) is 46.3 Å². The van der Waals surface area contributed by atoms with Crippen LogP contribution in [0.1, 0.15) is 23.1 Å². The molecule has 1 aliphatic rings. The average Bonchev–Trinajstić information content (AvgIpc) is 2.64. The maximum absolute atomic E-state index is 2.49. The van der Waals surface area contributed by atoms with Gasteiger partial charge < -0.3 is 37.2 Å². The first-order valence-corrected chi connectivity index (χ1v) is 11.3. The van der Waals surface area contributed by atoms with Crippen LogP contribution in [-0.2, 0) is 26.9 Å². The number of allylic oxidation sites excluding steroid dienone is 4. The third kappa shape index (κ3) is 5.85. The number of hydrogen-bond acceptors (Lipinski definition) is 0. The number of benzene rings is 1. The molecule has 1 aromatic rings. The van der Waals surface area contributed by atoms with Gasteiger partial charge in [-0.3, -0.25) is 0 Å². The first kappa shape index (κ1) is 24.7. The number of rotatable bonds is 3. The topological polar surface area (TPSA) is 0 Å². The monoisotopic (exact) mass is 408 g/mol. The molecule has 0 nitrogen and oxygen atoms in total. The Morgan fingerprint density at radius 2 is 1.64 bits per heavy atom. The Kier molecular flexibility index (Phi) is 10.9. The van der Waals surface area contributed by atoms with Crippen LogP contribution in [0.3, 0.4) is 0 Å². The number of halogens is 3. The van der Waals surface area contributed by atoms with Crippen LogP contribution in [0.25, 0.3) is 0 Å². The molecule has 5 heteroatoms. The molecule has 0 aliphatic heterocycles. The van der Waals surface area contributed by atoms with Crippen LogP contribution in [0.2, 0.25) is 19.6 Å². The van der Waals surface area contributed by atoms with Crippen LogP contribution >= 0.6 is 0 Å². The molecule has 1 aliphatic carbocycles. The van der Waals surface area contributed by atoms with Gasteiger partial charge in [0.05, 0.1) is 0 Å². The van der Waals surface area contributed by atoms with Gasteiger partial charge in [0.1, 0.15) is 0 Å². The molecular formula is C17H23Cl3SiTi. The zero-order chi connectivity index (χ0) is 14.2. The summed E-state index contributed by atoms with van der Waals surface area (Å²) in [6.07, 6.45) is 4.78. The van der Waals surface area contributed by atoms with Crippen LogP contribution in [-0.4, -0.2) is 8.07 Å². The van der Waals surface area contributed by atoms with E-state index in [0.29, 0.717) is 0 Å². The molecule has 0 fully saturated rings. The molecule has 0 heterocycles. The van der Waals surface area contributed by atoms with E-state index in [2.05, 4.69) is 78.2 Å². The predicted octanol–water partition coefficient (Wildman–Crippen LogP) is -4.13. The van der Waals surface area contributed by atoms with E-state index in [4.69, 9.17) is 0 Å². The van der Waals surface area contributed by atoms with Crippen molar-refractivity contribution in [3.63, 3.8) is 0 Å². The van der Waals surface area contributed by atoms with Crippen LogP contribution in [0.4, 0.5) is 0 Å². The second-order valence-corrected chi connectivity index (χ2v) is 12.5. The van der Waals surface area contributed by atoms with Crippen molar-refractivity contribution in [1.29, 1.82) is 0 Å². The molecule has 0 atom stereocenters. The Morgan fingerprint density at radius 3 is 2.09 bits per heavy atom. The largest absolute Gasteiger partial charge is 1.00 e. The first-order chi connectivity index (χ1) is 8.79. The van der Waals surface area contributed by atoms with Gasteiger partial charge in [-0.2, -0.15) is 0 Å². The third-order valence-corrected chi connectivity index (χ3v) is 7.32. The molecule has 0 spiro atoms. The van der Waals surface area contributed by atoms with Gasteiger partial charge in [0.15, 0.2) is 0 Å². The van der Waals surface area contributed by atoms with Crippen molar-refractivity contribution in [2.24, 2.45) is 0 Å². The van der Waals surface area contributed by atoms with E-state index in [1.54, 1.807) is 14.6 Å². The normalized spacial score (nSPS) is 13.9. The van der Waals surface area contributed by atoms with Gasteiger partial charge in [0.2, 0.25) is 0 Å². The van der Waals surface area contributed by atoms with Gasteiger partial charge in [-0.25, -0.2) is 0 Å². The molecule has 0 bridgehead atoms. The molecule has 0 radical (unpaired) electrons. The molecule has 0 amide bonds. The van der Waals surface area contributed by atoms with Gasteiger partial charge in [-0.1, -0.05) is 0 Å². The van der Waals surface area contributed by atoms with E-state index < -0.39 is 8.07 Å². The van der Waals surface area contributed by atoms with Crippen LogP contribution in [0, 0.1) is 13.8 Å². The first-order valence-electron chi connectivity index (χ1n) is 7.00. The summed E-state index contributed by atoms with van der Waals surface area (Å²) in [7, 11) is -1.17. The second-order valence-electron chi connectivity index (χ2n) is 6.66. The Hall–Kier alpha value is 0.501. The van der Waals surface area contributed by atoms with Crippen molar-refractivity contribution in [3.8, 4) is 0 Å². The quantitative estimate of drug-likeness (QED) is 0.445. The smallest absolute Gasteiger partial charge is 1.00 e. The maximum Gasteiger partial charge on any atom is -1.00 e. The molecule has 0 N–H and O–H groups in total. The molecule has 0 unspecified atom stereocenters. The minimum Gasteiger partial charge on any atom is -1.00 e. The third-order valence-electron chi connectivity index (χ3n) is 3.89. The summed E-state index contributed by atoms with van der Waals surface area (Å²) < 4.78 is 1.58. The summed E-state index contributed by atoms with van der Waals surface area (Å²) >= 11 is 2.33. The van der Waals surface area contributed by atoms with Crippen LogP contribution in [0.15, 0.2) is 38.9 Å². The van der Waals surface area contributed by atoms with Gasteiger partial charge in [-0.05, 0) is 0 Å². The Balaban J connectivity index is 0. The van der Waals surface area contributed by atoms with E-state index in [1.807, 2.05) is 0 Å². The van der Waals surface area contributed by atoms with E-state index >= 15 is 0 Å². The SMILES string of the molecule is Cc1ccc(CC2=[C]([Ti+3])C([Si](C)(C)C)=CC2)c(C)c1.[Cl-].[Cl-].[Cl-]. The maximum atomic E-state index is 2.49. The van der Waals surface area contributed by atoms with Crippen LogP contribution < -0.4 is 37.2 Å². The van der Waals surface area contributed by atoms with Gasteiger partial charge in [0.25, 0.3) is 0 Å². The Morgan fingerprint density at radius 1 is 1.05 bits per heavy atom. The number of aryl methyl sites for hydroxylation is 2. The standard InChI is InChI=1S/C17H23Si.3ClH.Ti/c1-13-6-8-16(14(2)10-13)11-15-7-9-17(12-15)18(3,4)5;;;;/h6,8-10H,7,11H2,1-5H3;3*1H;/q;;;;+3/p-3. The van der Waals surface area contributed by atoms with E-state index in [1.165, 1.54) is 23.1 Å². The van der Waals surface area contributed by atoms with Gasteiger partial charge in [0, 0.05) is 0 Å². The molecule has 0 saturated carbocycles. The van der Waals surface area contributed by atoms with Crippen LogP contribution in [0.5, 0.6) is 0 Å². The second kappa shape index (κ2) is 9.71. The van der Waals surface area contributed by atoms with Crippen molar-refractivity contribution >= 4 is 8.07 Å². The summed E-state index contributed by atoms with van der Waals surface area (Å²) in [6.45, 7) is 11.7. The molecule has 0 saturated heterocycles. The van der Waals surface area contributed by atoms with Gasteiger partial charge in [-0.15, -0.1) is 0 Å². The van der Waals surface area contributed by atoms with E-state index in [-0.39, 0.29) is 37.2 Å². The fourth-order valence-corrected chi connectivity index (χ4v) is 6.59. The van der Waals surface area contributed by atoms with Crippen molar-refractivity contribution in [2.75, 3.05) is 0 Å². The van der Waals surface area contributed by atoms with Gasteiger partial charge >= 0.3 is 130 Å². The minimum atomic E-state index is -1.17. The molecular weight excluding hydrogens is 386 g/mol. The van der Waals surface area contributed by atoms with E-state index in [0.717, 1.165) is 6.42 Å². The fraction of sp³-hybridized carbons (Fsp3) is 0.412. The molecule has 1 aromatic carbocycles. The van der Waals surface area contributed by atoms with E-state index in [9.17, 15) is 0 Å². The molecule has 120 valence electrons. The summed E-state index contributed by atoms with van der Waals surface area (Å²) in [6, 6.07) is 6.84. The number of hydrogen-bond donors (Lipinski definition) is 0. The molecule has 2 rings (SSSR count). The Bertz CT molecular complexity index is 572.